The van der Waals surface area contributed by atoms with Gasteiger partial charge in [0.25, 0.3) is 0 Å². The highest BCUT2D eigenvalue weighted by molar-refractivity contribution is 7.89. The summed E-state index contributed by atoms with van der Waals surface area (Å²) in [6, 6.07) is 3.80. The smallest absolute Gasteiger partial charge is 0.475 e. The maximum absolute atomic E-state index is 13.5. The number of aliphatic carboxylic acids is 1. The van der Waals surface area contributed by atoms with Crippen LogP contribution in [-0.2, 0) is 19.6 Å². The summed E-state index contributed by atoms with van der Waals surface area (Å²) in [6.07, 6.45) is -4.88. The number of nitrogens with zero attached hydrogens (tertiary/aromatic N) is 3. The molecular weight excluding hydrogens is 489 g/mol. The minimum absolute atomic E-state index is 0.0175. The molecule has 35 heavy (non-hydrogen) atoms. The molecule has 2 N–H and O–H groups in total. The molecular formula is C22H35F3N4O5S. The van der Waals surface area contributed by atoms with Crippen LogP contribution in [0.3, 0.4) is 0 Å². The molecule has 0 saturated carbocycles. The standard InChI is InChI=1S/C20H34N4O3S.C2HF3O2/c1-16-14-17(2)20(18(3)15-16)28(26,27)24(13-12-22(4)5)9-6-19(25)23-10-7-21-8-11-23;3-2(4,5)1(6)7/h14-15,21H,6-13H2,1-5H3;(H,6,7). The zero-order valence-corrected chi connectivity index (χ0v) is 21.6. The van der Waals surface area contributed by atoms with Gasteiger partial charge in [0.05, 0.1) is 4.90 Å². The third-order valence-corrected chi connectivity index (χ3v) is 7.49. The molecule has 1 saturated heterocycles. The number of halogens is 3. The molecule has 0 radical (unpaired) electrons. The van der Waals surface area contributed by atoms with Gasteiger partial charge in [-0.25, -0.2) is 13.2 Å². The molecule has 1 aliphatic heterocycles. The van der Waals surface area contributed by atoms with Crippen LogP contribution < -0.4 is 5.32 Å². The van der Waals surface area contributed by atoms with Crippen LogP contribution in [-0.4, -0.2) is 106 Å². The molecule has 200 valence electrons. The van der Waals surface area contributed by atoms with Gasteiger partial charge in [-0.15, -0.1) is 0 Å². The lowest BCUT2D eigenvalue weighted by Gasteiger charge is -2.29. The molecule has 1 aromatic carbocycles. The van der Waals surface area contributed by atoms with Crippen LogP contribution in [0.25, 0.3) is 0 Å². The first-order chi connectivity index (χ1) is 16.1. The largest absolute Gasteiger partial charge is 0.490 e. The van der Waals surface area contributed by atoms with E-state index in [0.29, 0.717) is 31.1 Å². The van der Waals surface area contributed by atoms with Crippen molar-refractivity contribution in [2.45, 2.75) is 38.3 Å². The van der Waals surface area contributed by atoms with Gasteiger partial charge in [-0.1, -0.05) is 17.7 Å². The van der Waals surface area contributed by atoms with Crippen LogP contribution in [0.15, 0.2) is 17.0 Å². The predicted octanol–water partition coefficient (Wildman–Crippen LogP) is 1.62. The molecule has 1 aromatic rings. The molecule has 0 aliphatic carbocycles. The van der Waals surface area contributed by atoms with Crippen LogP contribution >= 0.6 is 0 Å². The van der Waals surface area contributed by atoms with Gasteiger partial charge in [-0.2, -0.15) is 17.5 Å². The van der Waals surface area contributed by atoms with Gasteiger partial charge in [0.2, 0.25) is 15.9 Å². The van der Waals surface area contributed by atoms with Crippen molar-refractivity contribution in [3.8, 4) is 0 Å². The normalized spacial score (nSPS) is 14.6. The summed E-state index contributed by atoms with van der Waals surface area (Å²) < 4.78 is 60.1. The highest BCUT2D eigenvalue weighted by Crippen LogP contribution is 2.25. The average molecular weight is 525 g/mol. The van der Waals surface area contributed by atoms with Crippen LogP contribution in [0, 0.1) is 20.8 Å². The Bertz CT molecular complexity index is 955. The summed E-state index contributed by atoms with van der Waals surface area (Å²) in [5, 5.41) is 10.3. The second kappa shape index (κ2) is 13.2. The van der Waals surface area contributed by atoms with Gasteiger partial charge in [0.1, 0.15) is 0 Å². The van der Waals surface area contributed by atoms with E-state index in [0.717, 1.165) is 29.8 Å². The van der Waals surface area contributed by atoms with Crippen molar-refractivity contribution in [2.24, 2.45) is 0 Å². The van der Waals surface area contributed by atoms with E-state index in [4.69, 9.17) is 9.90 Å². The average Bonchev–Trinajstić information content (AvgIpc) is 2.72. The van der Waals surface area contributed by atoms with Gasteiger partial charge in [0.15, 0.2) is 0 Å². The lowest BCUT2D eigenvalue weighted by Crippen LogP contribution is -2.47. The molecule has 0 unspecified atom stereocenters. The number of aryl methyl sites for hydroxylation is 3. The zero-order chi connectivity index (χ0) is 27.0. The van der Waals surface area contributed by atoms with E-state index in [2.05, 4.69) is 5.32 Å². The van der Waals surface area contributed by atoms with E-state index < -0.39 is 22.2 Å². The Morgan fingerprint density at radius 2 is 1.51 bits per heavy atom. The van der Waals surface area contributed by atoms with E-state index in [1.54, 1.807) is 0 Å². The lowest BCUT2D eigenvalue weighted by molar-refractivity contribution is -0.192. The first-order valence-electron chi connectivity index (χ1n) is 11.1. The maximum Gasteiger partial charge on any atom is 0.490 e. The number of rotatable bonds is 8. The Balaban J connectivity index is 0.000000762. The fraction of sp³-hybridized carbons (Fsp3) is 0.636. The van der Waals surface area contributed by atoms with Gasteiger partial charge in [0, 0.05) is 52.2 Å². The van der Waals surface area contributed by atoms with Gasteiger partial charge >= 0.3 is 12.1 Å². The fourth-order valence-electron chi connectivity index (χ4n) is 3.66. The number of carboxylic acids is 1. The van der Waals surface area contributed by atoms with Crippen LogP contribution in [0.4, 0.5) is 13.2 Å². The Labute approximate surface area is 204 Å². The first kappa shape index (κ1) is 30.8. The summed E-state index contributed by atoms with van der Waals surface area (Å²) in [5.74, 6) is -2.74. The van der Waals surface area contributed by atoms with Crippen molar-refractivity contribution in [2.75, 3.05) is 59.9 Å². The van der Waals surface area contributed by atoms with Gasteiger partial charge < -0.3 is 20.2 Å². The first-order valence-corrected chi connectivity index (χ1v) is 12.5. The van der Waals surface area contributed by atoms with Gasteiger partial charge in [-0.3, -0.25) is 4.79 Å². The summed E-state index contributed by atoms with van der Waals surface area (Å²) in [6.45, 7) is 9.73. The molecule has 0 bridgehead atoms. The SMILES string of the molecule is Cc1cc(C)c(S(=O)(=O)N(CCC(=O)N2CCNCC2)CCN(C)C)c(C)c1.O=C(O)C(F)(F)F. The second-order valence-corrected chi connectivity index (χ2v) is 10.5. The van der Waals surface area contributed by atoms with Crippen molar-refractivity contribution in [1.29, 1.82) is 0 Å². The van der Waals surface area contributed by atoms with Crippen LogP contribution in [0.1, 0.15) is 23.1 Å². The van der Waals surface area contributed by atoms with Crippen molar-refractivity contribution in [1.82, 2.24) is 19.4 Å². The summed E-state index contributed by atoms with van der Waals surface area (Å²) in [5.41, 5.74) is 2.55. The molecule has 1 aliphatic rings. The third kappa shape index (κ3) is 9.74. The number of carbonyl (C=O) groups excluding carboxylic acids is 1. The van der Waals surface area contributed by atoms with E-state index in [-0.39, 0.29) is 18.9 Å². The number of alkyl halides is 3. The zero-order valence-electron chi connectivity index (χ0n) is 20.8. The molecule has 1 fully saturated rings. The number of nitrogens with one attached hydrogen (secondary N) is 1. The van der Waals surface area contributed by atoms with E-state index in [1.165, 1.54) is 4.31 Å². The molecule has 1 heterocycles. The Hall–Kier alpha value is -2.22. The number of hydrogen-bond donors (Lipinski definition) is 2. The quantitative estimate of drug-likeness (QED) is 0.532. The fourth-order valence-corrected chi connectivity index (χ4v) is 5.50. The maximum atomic E-state index is 13.5. The Morgan fingerprint density at radius 1 is 1.03 bits per heavy atom. The van der Waals surface area contributed by atoms with E-state index in [1.807, 2.05) is 56.8 Å². The van der Waals surface area contributed by atoms with Crippen molar-refractivity contribution < 1.29 is 36.3 Å². The summed E-state index contributed by atoms with van der Waals surface area (Å²) >= 11 is 0. The number of benzene rings is 1. The third-order valence-electron chi connectivity index (χ3n) is 5.29. The number of carbonyl (C=O) groups is 2. The minimum Gasteiger partial charge on any atom is -0.475 e. The number of sulfonamides is 1. The van der Waals surface area contributed by atoms with E-state index >= 15 is 0 Å². The molecule has 0 aromatic heterocycles. The van der Waals surface area contributed by atoms with Crippen LogP contribution in [0.5, 0.6) is 0 Å². The minimum atomic E-state index is -5.08. The molecule has 0 atom stereocenters. The van der Waals surface area contributed by atoms with Crippen LogP contribution in [0.2, 0.25) is 0 Å². The summed E-state index contributed by atoms with van der Waals surface area (Å²) in [4.78, 5) is 25.6. The van der Waals surface area contributed by atoms with Crippen molar-refractivity contribution >= 4 is 21.9 Å². The molecule has 13 heteroatoms. The van der Waals surface area contributed by atoms with Gasteiger partial charge in [-0.05, 0) is 46.0 Å². The number of amides is 1. The highest BCUT2D eigenvalue weighted by Gasteiger charge is 2.38. The number of hydrogen-bond acceptors (Lipinski definition) is 6. The Morgan fingerprint density at radius 3 is 1.94 bits per heavy atom. The molecule has 9 nitrogen and oxygen atoms in total. The second-order valence-electron chi connectivity index (χ2n) is 8.62. The molecule has 1 amide bonds. The number of likely N-dealkylation sites (N-methyl/N-ethyl adjacent to an activating group) is 1. The van der Waals surface area contributed by atoms with Crippen molar-refractivity contribution in [3.05, 3.63) is 28.8 Å². The number of piperazine rings is 1. The molecule has 0 spiro atoms. The lowest BCUT2D eigenvalue weighted by atomic mass is 10.1. The molecule has 2 rings (SSSR count). The number of carboxylic acid groups (broad SMARTS) is 1. The van der Waals surface area contributed by atoms with Crippen molar-refractivity contribution in [3.63, 3.8) is 0 Å². The topological polar surface area (TPSA) is 110 Å². The van der Waals surface area contributed by atoms with E-state index in [9.17, 15) is 26.4 Å². The Kier molecular flexibility index (Phi) is 11.6. The predicted molar refractivity (Wildman–Crippen MR) is 126 cm³/mol. The summed E-state index contributed by atoms with van der Waals surface area (Å²) in [7, 11) is 0.154. The highest BCUT2D eigenvalue weighted by atomic mass is 32.2. The monoisotopic (exact) mass is 524 g/mol.